The molecule has 0 aliphatic rings. The molecule has 0 bridgehead atoms. The summed E-state index contributed by atoms with van der Waals surface area (Å²) in [5, 5.41) is 7.21. The number of hydrogen-bond acceptors (Lipinski definition) is 3. The summed E-state index contributed by atoms with van der Waals surface area (Å²) in [4.78, 5) is 0. The van der Waals surface area contributed by atoms with Gasteiger partial charge in [-0.05, 0) is 32.0 Å². The Morgan fingerprint density at radius 1 is 1.41 bits per heavy atom. The lowest BCUT2D eigenvalue weighted by atomic mass is 10.2. The highest BCUT2D eigenvalue weighted by Gasteiger charge is 2.09. The van der Waals surface area contributed by atoms with Crippen molar-refractivity contribution in [2.24, 2.45) is 0 Å². The summed E-state index contributed by atoms with van der Waals surface area (Å²) >= 11 is 5.67. The second kappa shape index (κ2) is 4.75. The molecule has 0 radical (unpaired) electrons. The fourth-order valence-corrected chi connectivity index (χ4v) is 1.73. The molecule has 2 aromatic rings. The van der Waals surface area contributed by atoms with E-state index in [9.17, 15) is 4.39 Å². The molecule has 0 saturated heterocycles. The molecule has 0 saturated carbocycles. The summed E-state index contributed by atoms with van der Waals surface area (Å²) in [6.45, 7) is 4.15. The lowest BCUT2D eigenvalue weighted by Gasteiger charge is -2.07. The second-order valence-electron chi connectivity index (χ2n) is 3.78. The molecule has 1 aromatic heterocycles. The molecule has 5 heteroatoms. The Hall–Kier alpha value is -1.55. The molecule has 0 aliphatic heterocycles. The SMILES string of the molecule is Cc1noc(C)c1CNc1ccc(Cl)cc1F. The van der Waals surface area contributed by atoms with Gasteiger partial charge in [-0.3, -0.25) is 0 Å². The zero-order valence-electron chi connectivity index (χ0n) is 9.55. The number of hydrogen-bond donors (Lipinski definition) is 1. The van der Waals surface area contributed by atoms with Gasteiger partial charge in [-0.15, -0.1) is 0 Å². The van der Waals surface area contributed by atoms with Gasteiger partial charge < -0.3 is 9.84 Å². The fraction of sp³-hybridized carbons (Fsp3) is 0.250. The van der Waals surface area contributed by atoms with E-state index in [0.29, 0.717) is 17.3 Å². The maximum Gasteiger partial charge on any atom is 0.147 e. The number of rotatable bonds is 3. The molecule has 0 atom stereocenters. The highest BCUT2D eigenvalue weighted by atomic mass is 35.5. The summed E-state index contributed by atoms with van der Waals surface area (Å²) in [6.07, 6.45) is 0. The van der Waals surface area contributed by atoms with Gasteiger partial charge in [-0.25, -0.2) is 4.39 Å². The first-order valence-corrected chi connectivity index (χ1v) is 5.56. The van der Waals surface area contributed by atoms with Gasteiger partial charge >= 0.3 is 0 Å². The maximum absolute atomic E-state index is 13.5. The van der Waals surface area contributed by atoms with Gasteiger partial charge in [0.05, 0.1) is 11.4 Å². The van der Waals surface area contributed by atoms with Crippen molar-refractivity contribution in [1.29, 1.82) is 0 Å². The van der Waals surface area contributed by atoms with Crippen molar-refractivity contribution < 1.29 is 8.91 Å². The second-order valence-corrected chi connectivity index (χ2v) is 4.22. The molecule has 0 amide bonds. The molecular weight excluding hydrogens is 243 g/mol. The van der Waals surface area contributed by atoms with Gasteiger partial charge in [-0.1, -0.05) is 16.8 Å². The number of halogens is 2. The van der Waals surface area contributed by atoms with Crippen molar-refractivity contribution in [2.75, 3.05) is 5.32 Å². The average Bonchev–Trinajstić information content (AvgIpc) is 2.58. The third-order valence-corrected chi connectivity index (χ3v) is 2.80. The predicted octanol–water partition coefficient (Wildman–Crippen LogP) is 3.70. The summed E-state index contributed by atoms with van der Waals surface area (Å²) in [6, 6.07) is 4.52. The number of aryl methyl sites for hydroxylation is 2. The van der Waals surface area contributed by atoms with Crippen LogP contribution < -0.4 is 5.32 Å². The lowest BCUT2D eigenvalue weighted by Crippen LogP contribution is -2.03. The number of nitrogens with zero attached hydrogens (tertiary/aromatic N) is 1. The van der Waals surface area contributed by atoms with Gasteiger partial charge in [0, 0.05) is 17.1 Å². The van der Waals surface area contributed by atoms with E-state index < -0.39 is 0 Å². The molecule has 3 nitrogen and oxygen atoms in total. The van der Waals surface area contributed by atoms with Crippen molar-refractivity contribution in [3.63, 3.8) is 0 Å². The van der Waals surface area contributed by atoms with E-state index in [1.165, 1.54) is 6.07 Å². The van der Waals surface area contributed by atoms with Crippen LogP contribution in [0, 0.1) is 19.7 Å². The number of benzene rings is 1. The molecule has 1 aromatic carbocycles. The van der Waals surface area contributed by atoms with Crippen molar-refractivity contribution in [2.45, 2.75) is 20.4 Å². The van der Waals surface area contributed by atoms with E-state index in [0.717, 1.165) is 17.0 Å². The average molecular weight is 255 g/mol. The topological polar surface area (TPSA) is 38.1 Å². The first kappa shape index (κ1) is 11.9. The molecule has 0 spiro atoms. The number of aromatic nitrogens is 1. The normalized spacial score (nSPS) is 10.6. The molecule has 1 heterocycles. The summed E-state index contributed by atoms with van der Waals surface area (Å²) in [5.41, 5.74) is 2.16. The van der Waals surface area contributed by atoms with Gasteiger partial charge in [-0.2, -0.15) is 0 Å². The van der Waals surface area contributed by atoms with Crippen LogP contribution >= 0.6 is 11.6 Å². The Bertz CT molecular complexity index is 520. The molecular formula is C12H12ClFN2O. The minimum Gasteiger partial charge on any atom is -0.378 e. The van der Waals surface area contributed by atoms with Crippen LogP contribution in [0.1, 0.15) is 17.0 Å². The van der Waals surface area contributed by atoms with Gasteiger partial charge in [0.1, 0.15) is 11.6 Å². The molecule has 0 unspecified atom stereocenters. The Labute approximate surface area is 104 Å². The standard InChI is InChI=1S/C12H12ClFN2O/c1-7-10(8(2)17-16-7)6-15-12-4-3-9(13)5-11(12)14/h3-5,15H,6H2,1-2H3. The Morgan fingerprint density at radius 2 is 2.18 bits per heavy atom. The first-order chi connectivity index (χ1) is 8.08. The Balaban J connectivity index is 2.13. The molecule has 0 aliphatic carbocycles. The van der Waals surface area contributed by atoms with Crippen LogP contribution in [-0.4, -0.2) is 5.16 Å². The maximum atomic E-state index is 13.5. The monoisotopic (exact) mass is 254 g/mol. The van der Waals surface area contributed by atoms with Gasteiger partial charge in [0.15, 0.2) is 0 Å². The van der Waals surface area contributed by atoms with Crippen LogP contribution in [0.3, 0.4) is 0 Å². The zero-order chi connectivity index (χ0) is 12.4. The number of anilines is 1. The third-order valence-electron chi connectivity index (χ3n) is 2.57. The lowest BCUT2D eigenvalue weighted by molar-refractivity contribution is 0.392. The van der Waals surface area contributed by atoms with Crippen molar-refractivity contribution in [1.82, 2.24) is 5.16 Å². The Morgan fingerprint density at radius 3 is 2.76 bits per heavy atom. The molecule has 2 rings (SSSR count). The van der Waals surface area contributed by atoms with Crippen LogP contribution in [0.2, 0.25) is 5.02 Å². The molecule has 1 N–H and O–H groups in total. The largest absolute Gasteiger partial charge is 0.378 e. The van der Waals surface area contributed by atoms with E-state index in [4.69, 9.17) is 16.1 Å². The molecule has 17 heavy (non-hydrogen) atoms. The summed E-state index contributed by atoms with van der Waals surface area (Å²) in [7, 11) is 0. The van der Waals surface area contributed by atoms with Crippen molar-refractivity contribution in [3.8, 4) is 0 Å². The Kier molecular flexibility index (Phi) is 3.33. The summed E-state index contributed by atoms with van der Waals surface area (Å²) < 4.78 is 18.5. The van der Waals surface area contributed by atoms with Crippen LogP contribution in [0.25, 0.3) is 0 Å². The van der Waals surface area contributed by atoms with Gasteiger partial charge in [0.25, 0.3) is 0 Å². The van der Waals surface area contributed by atoms with E-state index in [-0.39, 0.29) is 5.82 Å². The van der Waals surface area contributed by atoms with E-state index >= 15 is 0 Å². The fourth-order valence-electron chi connectivity index (χ4n) is 1.57. The quantitative estimate of drug-likeness (QED) is 0.908. The zero-order valence-corrected chi connectivity index (χ0v) is 10.3. The molecule has 0 fully saturated rings. The highest BCUT2D eigenvalue weighted by molar-refractivity contribution is 6.30. The number of nitrogens with one attached hydrogen (secondary N) is 1. The minimum absolute atomic E-state index is 0.371. The van der Waals surface area contributed by atoms with E-state index in [1.54, 1.807) is 12.1 Å². The van der Waals surface area contributed by atoms with E-state index in [2.05, 4.69) is 10.5 Å². The van der Waals surface area contributed by atoms with E-state index in [1.807, 2.05) is 13.8 Å². The van der Waals surface area contributed by atoms with Crippen LogP contribution in [-0.2, 0) is 6.54 Å². The minimum atomic E-state index is -0.371. The third kappa shape index (κ3) is 2.58. The van der Waals surface area contributed by atoms with Gasteiger partial charge in [0.2, 0.25) is 0 Å². The highest BCUT2D eigenvalue weighted by Crippen LogP contribution is 2.20. The van der Waals surface area contributed by atoms with Crippen LogP contribution in [0.4, 0.5) is 10.1 Å². The van der Waals surface area contributed by atoms with Crippen molar-refractivity contribution in [3.05, 3.63) is 46.1 Å². The summed E-state index contributed by atoms with van der Waals surface area (Å²) in [5.74, 6) is 0.369. The predicted molar refractivity (Wildman–Crippen MR) is 64.7 cm³/mol. The van der Waals surface area contributed by atoms with Crippen LogP contribution in [0.5, 0.6) is 0 Å². The van der Waals surface area contributed by atoms with Crippen molar-refractivity contribution >= 4 is 17.3 Å². The molecule has 90 valence electrons. The first-order valence-electron chi connectivity index (χ1n) is 5.18. The van der Waals surface area contributed by atoms with Crippen LogP contribution in [0.15, 0.2) is 22.7 Å². The smallest absolute Gasteiger partial charge is 0.147 e.